The minimum Gasteiger partial charge on any atom is -0.331 e. The molecule has 0 spiro atoms. The van der Waals surface area contributed by atoms with E-state index in [1.54, 1.807) is 13.3 Å². The van der Waals surface area contributed by atoms with Crippen LogP contribution in [0.5, 0.6) is 0 Å². The number of aromatic nitrogens is 2. The second-order valence-corrected chi connectivity index (χ2v) is 6.49. The van der Waals surface area contributed by atoms with Crippen LogP contribution >= 0.6 is 0 Å². The molecular formula is C12H16N2O2S. The lowest BCUT2D eigenvalue weighted by atomic mass is 10.3. The molecule has 0 saturated heterocycles. The number of rotatable bonds is 5. The van der Waals surface area contributed by atoms with Crippen LogP contribution < -0.4 is 0 Å². The first-order valence-electron chi connectivity index (χ1n) is 5.72. The summed E-state index contributed by atoms with van der Waals surface area (Å²) in [6.07, 6.45) is 2.40. The Morgan fingerprint density at radius 3 is 2.82 bits per heavy atom. The van der Waals surface area contributed by atoms with Gasteiger partial charge >= 0.3 is 0 Å². The van der Waals surface area contributed by atoms with Gasteiger partial charge in [-0.3, -0.25) is 0 Å². The SMILES string of the molecule is CCS(=O)(=O)CCCn1cnc2ccccc21. The number of imidazole rings is 1. The van der Waals surface area contributed by atoms with Gasteiger partial charge < -0.3 is 4.57 Å². The lowest BCUT2D eigenvalue weighted by molar-refractivity contribution is 0.589. The maximum absolute atomic E-state index is 11.4. The second-order valence-electron chi connectivity index (χ2n) is 4.02. The van der Waals surface area contributed by atoms with Crippen molar-refractivity contribution in [2.24, 2.45) is 0 Å². The van der Waals surface area contributed by atoms with Crippen LogP contribution in [-0.2, 0) is 16.4 Å². The summed E-state index contributed by atoms with van der Waals surface area (Å²) in [5.41, 5.74) is 2.01. The van der Waals surface area contributed by atoms with Crippen LogP contribution in [0.15, 0.2) is 30.6 Å². The zero-order valence-corrected chi connectivity index (χ0v) is 10.7. The Bertz CT molecular complexity index is 602. The highest BCUT2D eigenvalue weighted by Crippen LogP contribution is 2.12. The van der Waals surface area contributed by atoms with Gasteiger partial charge in [0.1, 0.15) is 9.84 Å². The van der Waals surface area contributed by atoms with E-state index in [0.717, 1.165) is 11.0 Å². The van der Waals surface area contributed by atoms with Gasteiger partial charge in [-0.2, -0.15) is 0 Å². The van der Waals surface area contributed by atoms with Crippen molar-refractivity contribution < 1.29 is 8.42 Å². The fourth-order valence-electron chi connectivity index (χ4n) is 1.79. The van der Waals surface area contributed by atoms with Crippen molar-refractivity contribution in [3.8, 4) is 0 Å². The van der Waals surface area contributed by atoms with Gasteiger partial charge in [-0.25, -0.2) is 13.4 Å². The van der Waals surface area contributed by atoms with Crippen molar-refractivity contribution in [3.63, 3.8) is 0 Å². The summed E-state index contributed by atoms with van der Waals surface area (Å²) in [6, 6.07) is 7.86. The molecule has 1 heterocycles. The number of hydrogen-bond acceptors (Lipinski definition) is 3. The normalized spacial score (nSPS) is 12.1. The average molecular weight is 252 g/mol. The van der Waals surface area contributed by atoms with Crippen LogP contribution in [0.2, 0.25) is 0 Å². The molecule has 1 aromatic heterocycles. The van der Waals surface area contributed by atoms with Crippen LogP contribution in [0.3, 0.4) is 0 Å². The highest BCUT2D eigenvalue weighted by Gasteiger charge is 2.07. The number of aryl methyl sites for hydroxylation is 1. The van der Waals surface area contributed by atoms with Gasteiger partial charge in [0.15, 0.2) is 0 Å². The third-order valence-electron chi connectivity index (χ3n) is 2.82. The maximum atomic E-state index is 11.4. The molecule has 0 N–H and O–H groups in total. The molecule has 2 rings (SSSR count). The molecule has 1 aromatic carbocycles. The lowest BCUT2D eigenvalue weighted by Gasteiger charge is -2.04. The predicted octanol–water partition coefficient (Wildman–Crippen LogP) is 1.86. The highest BCUT2D eigenvalue weighted by molar-refractivity contribution is 7.91. The van der Waals surface area contributed by atoms with Gasteiger partial charge in [-0.1, -0.05) is 19.1 Å². The van der Waals surface area contributed by atoms with Gasteiger partial charge in [0.05, 0.1) is 23.1 Å². The first-order chi connectivity index (χ1) is 8.12. The molecule has 17 heavy (non-hydrogen) atoms. The van der Waals surface area contributed by atoms with E-state index in [1.807, 2.05) is 28.8 Å². The third kappa shape index (κ3) is 2.85. The minimum atomic E-state index is -2.86. The summed E-state index contributed by atoms with van der Waals surface area (Å²) in [4.78, 5) is 4.27. The molecule has 0 aliphatic carbocycles. The Kier molecular flexibility index (Phi) is 3.47. The highest BCUT2D eigenvalue weighted by atomic mass is 32.2. The molecule has 0 unspecified atom stereocenters. The molecule has 0 bridgehead atoms. The number of hydrogen-bond donors (Lipinski definition) is 0. The van der Waals surface area contributed by atoms with Crippen LogP contribution in [0.1, 0.15) is 13.3 Å². The summed E-state index contributed by atoms with van der Waals surface area (Å²) in [5, 5.41) is 0. The van der Waals surface area contributed by atoms with E-state index < -0.39 is 9.84 Å². The summed E-state index contributed by atoms with van der Waals surface area (Å²) in [5.74, 6) is 0.466. The Hall–Kier alpha value is -1.36. The molecule has 0 atom stereocenters. The van der Waals surface area contributed by atoms with E-state index in [4.69, 9.17) is 0 Å². The Balaban J connectivity index is 2.05. The Morgan fingerprint density at radius 2 is 2.06 bits per heavy atom. The predicted molar refractivity (Wildman–Crippen MR) is 68.7 cm³/mol. The topological polar surface area (TPSA) is 52.0 Å². The summed E-state index contributed by atoms with van der Waals surface area (Å²) >= 11 is 0. The van der Waals surface area contributed by atoms with Crippen molar-refractivity contribution >= 4 is 20.9 Å². The molecule has 0 aliphatic rings. The van der Waals surface area contributed by atoms with E-state index >= 15 is 0 Å². The van der Waals surface area contributed by atoms with Gasteiger partial charge in [0.2, 0.25) is 0 Å². The van der Waals surface area contributed by atoms with E-state index in [-0.39, 0.29) is 11.5 Å². The third-order valence-corrected chi connectivity index (χ3v) is 4.61. The summed E-state index contributed by atoms with van der Waals surface area (Å²) in [6.45, 7) is 2.38. The van der Waals surface area contributed by atoms with Crippen LogP contribution in [0.4, 0.5) is 0 Å². The van der Waals surface area contributed by atoms with E-state index in [0.29, 0.717) is 13.0 Å². The molecule has 0 radical (unpaired) electrons. The largest absolute Gasteiger partial charge is 0.331 e. The zero-order valence-electron chi connectivity index (χ0n) is 9.83. The van der Waals surface area contributed by atoms with Crippen LogP contribution in [-0.4, -0.2) is 29.5 Å². The molecule has 2 aromatic rings. The second kappa shape index (κ2) is 4.87. The lowest BCUT2D eigenvalue weighted by Crippen LogP contribution is -2.11. The maximum Gasteiger partial charge on any atom is 0.150 e. The van der Waals surface area contributed by atoms with Gasteiger partial charge in [-0.15, -0.1) is 0 Å². The smallest absolute Gasteiger partial charge is 0.150 e. The molecular weight excluding hydrogens is 236 g/mol. The first-order valence-corrected chi connectivity index (χ1v) is 7.55. The van der Waals surface area contributed by atoms with Crippen molar-refractivity contribution in [2.45, 2.75) is 19.9 Å². The summed E-state index contributed by atoms with van der Waals surface area (Å²) < 4.78 is 24.7. The molecule has 4 nitrogen and oxygen atoms in total. The van der Waals surface area contributed by atoms with E-state index in [1.165, 1.54) is 0 Å². The van der Waals surface area contributed by atoms with Crippen LogP contribution in [0, 0.1) is 0 Å². The van der Waals surface area contributed by atoms with E-state index in [2.05, 4.69) is 4.98 Å². The fourth-order valence-corrected chi connectivity index (χ4v) is 2.65. The average Bonchev–Trinajstić information content (AvgIpc) is 2.73. The van der Waals surface area contributed by atoms with Crippen LogP contribution in [0.25, 0.3) is 11.0 Å². The van der Waals surface area contributed by atoms with Crippen molar-refractivity contribution in [2.75, 3.05) is 11.5 Å². The quantitative estimate of drug-likeness (QED) is 0.816. The number of benzene rings is 1. The monoisotopic (exact) mass is 252 g/mol. The number of fused-ring (bicyclic) bond motifs is 1. The molecule has 0 fully saturated rings. The Labute approximate surface area is 101 Å². The standard InChI is InChI=1S/C12H16N2O2S/c1-2-17(15,16)9-5-8-14-10-13-11-6-3-4-7-12(11)14/h3-4,6-7,10H,2,5,8-9H2,1H3. The van der Waals surface area contributed by atoms with Crippen molar-refractivity contribution in [3.05, 3.63) is 30.6 Å². The van der Waals surface area contributed by atoms with E-state index in [9.17, 15) is 8.42 Å². The van der Waals surface area contributed by atoms with Crippen molar-refractivity contribution in [1.29, 1.82) is 0 Å². The number of para-hydroxylation sites is 2. The minimum absolute atomic E-state index is 0.220. The van der Waals surface area contributed by atoms with Gasteiger partial charge in [-0.05, 0) is 18.6 Å². The first kappa shape index (κ1) is 12.1. The number of nitrogens with zero attached hydrogens (tertiary/aromatic N) is 2. The molecule has 0 amide bonds. The molecule has 92 valence electrons. The number of sulfone groups is 1. The molecule has 5 heteroatoms. The van der Waals surface area contributed by atoms with Gasteiger partial charge in [0, 0.05) is 12.3 Å². The zero-order chi connectivity index (χ0) is 12.3. The molecule has 0 saturated carbocycles. The Morgan fingerprint density at radius 1 is 1.29 bits per heavy atom. The van der Waals surface area contributed by atoms with Gasteiger partial charge in [0.25, 0.3) is 0 Å². The van der Waals surface area contributed by atoms with Crippen molar-refractivity contribution in [1.82, 2.24) is 9.55 Å². The summed E-state index contributed by atoms with van der Waals surface area (Å²) in [7, 11) is -2.86. The molecule has 0 aliphatic heterocycles. The fraction of sp³-hybridized carbons (Fsp3) is 0.417.